The molecule has 340 valence electrons. The molecule has 1 aliphatic rings. The molecule has 0 spiro atoms. The van der Waals surface area contributed by atoms with Crippen LogP contribution in [0.3, 0.4) is 0 Å². The highest BCUT2D eigenvalue weighted by Crippen LogP contribution is 2.50. The molecule has 0 bridgehead atoms. The lowest BCUT2D eigenvalue weighted by Crippen LogP contribution is -2.36. The maximum Gasteiger partial charge on any atom is 0.530 e. The summed E-state index contributed by atoms with van der Waals surface area (Å²) in [7, 11) is -3.84. The quantitative estimate of drug-likeness (QED) is 0.0787. The number of para-hydroxylation sites is 1. The molecule has 18 heteroatoms. The Balaban J connectivity index is 1.27. The Morgan fingerprint density at radius 3 is 2.08 bits per heavy atom. The van der Waals surface area contributed by atoms with Gasteiger partial charge in [0.05, 0.1) is 52.5 Å². The highest BCUT2D eigenvalue weighted by molar-refractivity contribution is 7.48. The summed E-state index contributed by atoms with van der Waals surface area (Å²) in [6, 6.07) is 18.1. The van der Waals surface area contributed by atoms with Crippen LogP contribution < -0.4 is 4.52 Å². The summed E-state index contributed by atoms with van der Waals surface area (Å²) in [6.07, 6.45) is -8.31. The van der Waals surface area contributed by atoms with Crippen LogP contribution in [0.15, 0.2) is 85.1 Å². The van der Waals surface area contributed by atoms with Gasteiger partial charge >= 0.3 is 26.3 Å². The van der Waals surface area contributed by atoms with Crippen LogP contribution in [0.5, 0.6) is 5.75 Å². The van der Waals surface area contributed by atoms with E-state index in [1.807, 2.05) is 32.0 Å². The molecule has 0 amide bonds. The maximum absolute atomic E-state index is 16.0. The Kier molecular flexibility index (Phi) is 13.0. The van der Waals surface area contributed by atoms with Crippen LogP contribution in [0.2, 0.25) is 0 Å². The van der Waals surface area contributed by atoms with Gasteiger partial charge in [0.2, 0.25) is 0 Å². The first-order valence-corrected chi connectivity index (χ1v) is 22.1. The first-order chi connectivity index (χ1) is 30.2. The minimum Gasteiger partial charge on any atom is -0.444 e. The van der Waals surface area contributed by atoms with Gasteiger partial charge in [0.15, 0.2) is 0 Å². The minimum absolute atomic E-state index is 0.0337. The van der Waals surface area contributed by atoms with Gasteiger partial charge in [0.1, 0.15) is 18.2 Å². The number of rotatable bonds is 14. The molecule has 0 unspecified atom stereocenters. The second-order valence-corrected chi connectivity index (χ2v) is 17.2. The van der Waals surface area contributed by atoms with Gasteiger partial charge in [-0.1, -0.05) is 50.2 Å². The molecule has 4 aromatic carbocycles. The monoisotopic (exact) mass is 914 g/mol. The Morgan fingerprint density at radius 1 is 0.828 bits per heavy atom. The van der Waals surface area contributed by atoms with Crippen LogP contribution in [0, 0.1) is 5.82 Å². The molecule has 6 aromatic rings. The topological polar surface area (TPSA) is 97.0 Å². The van der Waals surface area contributed by atoms with E-state index in [4.69, 9.17) is 23.4 Å². The number of carbonyl (C=O) groups is 1. The molecule has 1 aliphatic heterocycles. The van der Waals surface area contributed by atoms with Crippen molar-refractivity contribution in [3.05, 3.63) is 136 Å². The molecule has 0 N–H and O–H groups in total. The zero-order valence-electron chi connectivity index (χ0n) is 35.9. The Bertz CT molecular complexity index is 2710. The normalized spacial score (nSPS) is 14.3. The second-order valence-electron chi connectivity index (χ2n) is 15.6. The summed E-state index contributed by atoms with van der Waals surface area (Å²) in [4.78, 5) is 15.4. The summed E-state index contributed by atoms with van der Waals surface area (Å²) < 4.78 is 137. The molecule has 0 fully saturated rings. The van der Waals surface area contributed by atoms with Crippen molar-refractivity contribution in [2.45, 2.75) is 92.0 Å². The summed E-state index contributed by atoms with van der Waals surface area (Å²) in [5, 5.41) is 5.49. The summed E-state index contributed by atoms with van der Waals surface area (Å²) >= 11 is 0. The van der Waals surface area contributed by atoms with Crippen LogP contribution in [0.25, 0.3) is 27.8 Å². The summed E-state index contributed by atoms with van der Waals surface area (Å²) in [5.41, 5.74) is 1.08. The lowest BCUT2D eigenvalue weighted by atomic mass is 9.96. The molecule has 0 saturated carbocycles. The molecule has 0 atom stereocenters. The predicted molar refractivity (Wildman–Crippen MR) is 225 cm³/mol. The third-order valence-corrected chi connectivity index (χ3v) is 12.9. The van der Waals surface area contributed by atoms with Crippen molar-refractivity contribution in [2.75, 3.05) is 13.2 Å². The number of alkyl halides is 6. The fourth-order valence-corrected chi connectivity index (χ4v) is 9.34. The number of ether oxygens (including phenoxy) is 1. The number of aryl methyl sites for hydroxylation is 2. The number of benzene rings is 4. The van der Waals surface area contributed by atoms with Crippen molar-refractivity contribution in [1.29, 1.82) is 0 Å². The number of phosphoric ester groups is 1. The van der Waals surface area contributed by atoms with Gasteiger partial charge in [0.25, 0.3) is 0 Å². The van der Waals surface area contributed by atoms with Gasteiger partial charge in [-0.3, -0.25) is 13.9 Å². The molecule has 2 aromatic heterocycles. The van der Waals surface area contributed by atoms with Crippen molar-refractivity contribution >= 4 is 24.8 Å². The van der Waals surface area contributed by atoms with Gasteiger partial charge < -0.3 is 9.26 Å². The van der Waals surface area contributed by atoms with E-state index in [2.05, 4.69) is 0 Å². The Hall–Kier alpha value is -5.48. The van der Waals surface area contributed by atoms with E-state index in [0.717, 1.165) is 27.4 Å². The van der Waals surface area contributed by atoms with Crippen molar-refractivity contribution in [3.8, 4) is 22.7 Å². The number of hydrogen-bond donors (Lipinski definition) is 0. The second kappa shape index (κ2) is 17.8. The number of aromatic nitrogens is 3. The Labute approximate surface area is 365 Å². The SMILES string of the molecule is CCOP(=O)(OCC)Oc1ccc(COC(=O)n2ccc3c(-c4c5c(nn4-c4c(CC)cccc4CC)C(C)(C)N(Cc4ccc(C(F)(F)F)cc4C(F)(F)F)C5)ccc(F)c32)cc1. The molecule has 64 heavy (non-hydrogen) atoms. The first kappa shape index (κ1) is 46.5. The van der Waals surface area contributed by atoms with E-state index >= 15 is 4.39 Å². The van der Waals surface area contributed by atoms with Crippen molar-refractivity contribution in [3.63, 3.8) is 0 Å². The predicted octanol–water partition coefficient (Wildman–Crippen LogP) is 12.8. The molecule has 0 aliphatic carbocycles. The fourth-order valence-electron chi connectivity index (χ4n) is 8.14. The number of hydrogen-bond acceptors (Lipinski definition) is 8. The van der Waals surface area contributed by atoms with Crippen LogP contribution in [0.4, 0.5) is 35.5 Å². The number of nitrogens with zero attached hydrogens (tertiary/aromatic N) is 4. The number of phosphoric acid groups is 1. The molecule has 3 heterocycles. The van der Waals surface area contributed by atoms with Crippen molar-refractivity contribution in [1.82, 2.24) is 19.2 Å². The highest BCUT2D eigenvalue weighted by Gasteiger charge is 2.45. The lowest BCUT2D eigenvalue weighted by Gasteiger charge is -2.33. The number of carbonyl (C=O) groups excluding carboxylic acids is 1. The number of fused-ring (bicyclic) bond motifs is 2. The zero-order valence-corrected chi connectivity index (χ0v) is 36.8. The smallest absolute Gasteiger partial charge is 0.444 e. The molecular formula is C46H46F7N4O6P. The first-order valence-electron chi connectivity index (χ1n) is 20.6. The standard InChI is InChI=1S/C46H46F7N4O6P/c1-7-29-12-11-13-30(8-2)39(29)57-40(36-26-55(44(5,6)42(36)54-57)25-31-16-17-32(45(48,49)50)24-37(31)46(51,52)53)34-20-21-38(47)41-35(34)22-23-56(41)43(58)60-27-28-14-18-33(19-15-28)63-64(59,61-9-3)62-10-4/h11-24H,7-10,25-27H2,1-6H3. The molecule has 7 rings (SSSR count). The van der Waals surface area contributed by atoms with Crippen molar-refractivity contribution in [2.24, 2.45) is 0 Å². The van der Waals surface area contributed by atoms with E-state index in [0.29, 0.717) is 52.4 Å². The van der Waals surface area contributed by atoms with Gasteiger partial charge in [-0.15, -0.1) is 0 Å². The summed E-state index contributed by atoms with van der Waals surface area (Å²) in [6.45, 7) is 10.5. The number of halogens is 7. The van der Waals surface area contributed by atoms with Crippen LogP contribution >= 0.6 is 7.82 Å². The van der Waals surface area contributed by atoms with Crippen LogP contribution in [0.1, 0.15) is 86.2 Å². The van der Waals surface area contributed by atoms with Gasteiger partial charge in [-0.2, -0.15) is 31.4 Å². The molecule has 0 radical (unpaired) electrons. The fraction of sp³-hybridized carbons (Fsp3) is 0.348. The van der Waals surface area contributed by atoms with Crippen LogP contribution in [-0.2, 0) is 68.8 Å². The van der Waals surface area contributed by atoms with Crippen molar-refractivity contribution < 1.29 is 58.4 Å². The van der Waals surface area contributed by atoms with E-state index in [1.165, 1.54) is 24.4 Å². The van der Waals surface area contributed by atoms with Crippen LogP contribution in [-0.4, -0.2) is 38.6 Å². The van der Waals surface area contributed by atoms with Gasteiger partial charge in [0, 0.05) is 35.8 Å². The molecule has 0 saturated heterocycles. The van der Waals surface area contributed by atoms with Gasteiger partial charge in [-0.05, 0) is 105 Å². The largest absolute Gasteiger partial charge is 0.530 e. The minimum atomic E-state index is -5.07. The Morgan fingerprint density at radius 2 is 1.48 bits per heavy atom. The average molecular weight is 915 g/mol. The van der Waals surface area contributed by atoms with Gasteiger partial charge in [-0.25, -0.2) is 23.0 Å². The van der Waals surface area contributed by atoms with E-state index in [1.54, 1.807) is 61.5 Å². The van der Waals surface area contributed by atoms with E-state index in [9.17, 15) is 35.7 Å². The summed E-state index contributed by atoms with van der Waals surface area (Å²) in [5.74, 6) is -0.535. The molecular weight excluding hydrogens is 868 g/mol. The van der Waals surface area contributed by atoms with E-state index < -0.39 is 48.8 Å². The average Bonchev–Trinajstić information content (AvgIpc) is 3.92. The van der Waals surface area contributed by atoms with E-state index in [-0.39, 0.29) is 55.8 Å². The zero-order chi connectivity index (χ0) is 46.4. The lowest BCUT2D eigenvalue weighted by molar-refractivity contribution is -0.143. The third-order valence-electron chi connectivity index (χ3n) is 11.3. The molecule has 10 nitrogen and oxygen atoms in total. The maximum atomic E-state index is 16.0. The third kappa shape index (κ3) is 8.95. The highest BCUT2D eigenvalue weighted by atomic mass is 31.2.